The van der Waals surface area contributed by atoms with Gasteiger partial charge in [-0.2, -0.15) is 8.42 Å². The summed E-state index contributed by atoms with van der Waals surface area (Å²) in [5.41, 5.74) is 5.04. The zero-order valence-electron chi connectivity index (χ0n) is 4.71. The summed E-state index contributed by atoms with van der Waals surface area (Å²) < 4.78 is 24.1. The molecule has 0 spiro atoms. The van der Waals surface area contributed by atoms with Crippen LogP contribution in [0.4, 0.5) is 0 Å². The van der Waals surface area contributed by atoms with Crippen molar-refractivity contribution in [1.82, 2.24) is 0 Å². The van der Waals surface area contributed by atoms with E-state index in [1.54, 1.807) is 0 Å². The molecule has 56 valence electrons. The van der Waals surface area contributed by atoms with E-state index in [0.29, 0.717) is 13.0 Å². The Morgan fingerprint density at radius 1 is 1.56 bits per heavy atom. The Bertz CT molecular complexity index is 154. The Hall–Kier alpha value is 0.160. The second-order valence-corrected chi connectivity index (χ2v) is 3.51. The van der Waals surface area contributed by atoms with Crippen LogP contribution in [0.1, 0.15) is 6.42 Å². The van der Waals surface area contributed by atoms with Crippen LogP contribution in [0.3, 0.4) is 0 Å². The molecule has 0 atom stereocenters. The van der Waals surface area contributed by atoms with Crippen LogP contribution >= 0.6 is 10.7 Å². The maximum Gasteiger partial charge on any atom is 0.355 e. The van der Waals surface area contributed by atoms with Crippen LogP contribution in [0, 0.1) is 0 Å². The van der Waals surface area contributed by atoms with Gasteiger partial charge in [0.1, 0.15) is 0 Å². The van der Waals surface area contributed by atoms with Gasteiger partial charge in [0.2, 0.25) is 0 Å². The summed E-state index contributed by atoms with van der Waals surface area (Å²) in [6.45, 7) is 0.453. The summed E-state index contributed by atoms with van der Waals surface area (Å²) in [6, 6.07) is 0. The Morgan fingerprint density at radius 2 is 2.11 bits per heavy atom. The molecule has 2 N–H and O–H groups in total. The highest BCUT2D eigenvalue weighted by atomic mass is 35.7. The minimum Gasteiger partial charge on any atom is -0.330 e. The van der Waals surface area contributed by atoms with E-state index in [-0.39, 0.29) is 6.61 Å². The van der Waals surface area contributed by atoms with E-state index in [9.17, 15) is 8.42 Å². The lowest BCUT2D eigenvalue weighted by molar-refractivity contribution is 0.324. The smallest absolute Gasteiger partial charge is 0.330 e. The van der Waals surface area contributed by atoms with Crippen LogP contribution in [-0.2, 0) is 13.5 Å². The van der Waals surface area contributed by atoms with Crippen LogP contribution in [-0.4, -0.2) is 21.6 Å². The van der Waals surface area contributed by atoms with Gasteiger partial charge in [0.15, 0.2) is 0 Å². The fourth-order valence-electron chi connectivity index (χ4n) is 0.242. The lowest BCUT2D eigenvalue weighted by Gasteiger charge is -1.94. The largest absolute Gasteiger partial charge is 0.355 e. The van der Waals surface area contributed by atoms with Crippen molar-refractivity contribution >= 4 is 20.0 Å². The third-order valence-corrected chi connectivity index (χ3v) is 1.29. The summed E-state index contributed by atoms with van der Waals surface area (Å²) >= 11 is 0. The van der Waals surface area contributed by atoms with Crippen LogP contribution in [0.5, 0.6) is 0 Å². The predicted octanol–water partition coefficient (Wildman–Crippen LogP) is -0.165. The van der Waals surface area contributed by atoms with Gasteiger partial charge in [-0.3, -0.25) is 4.18 Å². The number of rotatable bonds is 4. The molecule has 4 nitrogen and oxygen atoms in total. The minimum atomic E-state index is -3.78. The Kier molecular flexibility index (Phi) is 4.12. The first-order valence-corrected chi connectivity index (χ1v) is 4.59. The molecule has 0 radical (unpaired) electrons. The van der Waals surface area contributed by atoms with Gasteiger partial charge >= 0.3 is 9.33 Å². The standard InChI is InChI=1S/C3H8ClNO3S/c4-9(6,7)8-3-1-2-5/h1-3,5H2. The highest BCUT2D eigenvalue weighted by molar-refractivity contribution is 8.09. The third kappa shape index (κ3) is 8.16. The van der Waals surface area contributed by atoms with Crippen LogP contribution in [0.2, 0.25) is 0 Å². The van der Waals surface area contributed by atoms with Crippen molar-refractivity contribution in [3.8, 4) is 0 Å². The molecule has 0 fully saturated rings. The maximum absolute atomic E-state index is 10.0. The molecular formula is C3H8ClNO3S. The van der Waals surface area contributed by atoms with E-state index in [4.69, 9.17) is 5.73 Å². The van der Waals surface area contributed by atoms with Crippen molar-refractivity contribution in [2.45, 2.75) is 6.42 Å². The molecule has 0 aromatic rings. The number of halogens is 1. The molecule has 0 saturated heterocycles. The topological polar surface area (TPSA) is 69.4 Å². The van der Waals surface area contributed by atoms with E-state index in [0.717, 1.165) is 0 Å². The molecule has 0 aromatic heterocycles. The van der Waals surface area contributed by atoms with Crippen molar-refractivity contribution in [3.05, 3.63) is 0 Å². The highest BCUT2D eigenvalue weighted by Crippen LogP contribution is 1.97. The van der Waals surface area contributed by atoms with E-state index < -0.39 is 9.33 Å². The molecule has 0 saturated carbocycles. The number of hydrogen-bond donors (Lipinski definition) is 1. The summed E-state index contributed by atoms with van der Waals surface area (Å²) in [7, 11) is 0.898. The molecule has 0 unspecified atom stereocenters. The summed E-state index contributed by atoms with van der Waals surface area (Å²) in [5, 5.41) is 0. The molecule has 0 aliphatic rings. The molecule has 9 heavy (non-hydrogen) atoms. The number of hydrogen-bond acceptors (Lipinski definition) is 4. The van der Waals surface area contributed by atoms with Gasteiger partial charge in [0.25, 0.3) is 0 Å². The fourth-order valence-corrected chi connectivity index (χ4v) is 0.748. The third-order valence-electron chi connectivity index (χ3n) is 0.573. The molecule has 0 aromatic carbocycles. The molecule has 0 amide bonds. The first kappa shape index (κ1) is 9.16. The monoisotopic (exact) mass is 173 g/mol. The van der Waals surface area contributed by atoms with Gasteiger partial charge in [-0.1, -0.05) is 0 Å². The highest BCUT2D eigenvalue weighted by Gasteiger charge is 2.01. The van der Waals surface area contributed by atoms with Crippen molar-refractivity contribution in [2.75, 3.05) is 13.2 Å². The molecule has 0 rings (SSSR count). The van der Waals surface area contributed by atoms with Gasteiger partial charge in [-0.05, 0) is 13.0 Å². The van der Waals surface area contributed by atoms with Crippen molar-refractivity contribution < 1.29 is 12.6 Å². The predicted molar refractivity (Wildman–Crippen MR) is 34.4 cm³/mol. The van der Waals surface area contributed by atoms with Crippen LogP contribution in [0.25, 0.3) is 0 Å². The Morgan fingerprint density at radius 3 is 2.44 bits per heavy atom. The summed E-state index contributed by atoms with van der Waals surface area (Å²) in [4.78, 5) is 0. The van der Waals surface area contributed by atoms with Gasteiger partial charge in [-0.25, -0.2) is 0 Å². The second-order valence-electron chi connectivity index (χ2n) is 1.36. The van der Waals surface area contributed by atoms with Gasteiger partial charge in [0, 0.05) is 10.7 Å². The lowest BCUT2D eigenvalue weighted by Crippen LogP contribution is -2.05. The Labute approximate surface area is 58.6 Å². The molecule has 6 heteroatoms. The van der Waals surface area contributed by atoms with E-state index in [2.05, 4.69) is 14.9 Å². The maximum atomic E-state index is 10.0. The van der Waals surface area contributed by atoms with Crippen molar-refractivity contribution in [3.63, 3.8) is 0 Å². The normalized spacial score (nSPS) is 11.8. The van der Waals surface area contributed by atoms with Crippen molar-refractivity contribution in [2.24, 2.45) is 5.73 Å². The van der Waals surface area contributed by atoms with Gasteiger partial charge in [-0.15, -0.1) is 0 Å². The molecular weight excluding hydrogens is 166 g/mol. The van der Waals surface area contributed by atoms with Crippen molar-refractivity contribution in [1.29, 1.82) is 0 Å². The average Bonchev–Trinajstić information content (AvgIpc) is 1.63. The van der Waals surface area contributed by atoms with E-state index in [1.807, 2.05) is 0 Å². The zero-order chi connectivity index (χ0) is 7.33. The van der Waals surface area contributed by atoms with Gasteiger partial charge in [0.05, 0.1) is 6.61 Å². The van der Waals surface area contributed by atoms with E-state index in [1.165, 1.54) is 0 Å². The second kappa shape index (κ2) is 4.05. The van der Waals surface area contributed by atoms with E-state index >= 15 is 0 Å². The SMILES string of the molecule is NCCCOS(=O)(=O)Cl. The fraction of sp³-hybridized carbons (Fsp3) is 1.00. The van der Waals surface area contributed by atoms with Crippen LogP contribution < -0.4 is 5.73 Å². The summed E-state index contributed by atoms with van der Waals surface area (Å²) in [6.07, 6.45) is 0.492. The molecule has 0 bridgehead atoms. The quantitative estimate of drug-likeness (QED) is 0.474. The molecule has 0 heterocycles. The summed E-state index contributed by atoms with van der Waals surface area (Å²) in [5.74, 6) is 0. The lowest BCUT2D eigenvalue weighted by atomic mass is 10.5. The minimum absolute atomic E-state index is 0.0579. The zero-order valence-corrected chi connectivity index (χ0v) is 6.28. The molecule has 0 aliphatic heterocycles. The first-order valence-electron chi connectivity index (χ1n) is 2.35. The first-order chi connectivity index (χ1) is 4.06. The van der Waals surface area contributed by atoms with Gasteiger partial charge < -0.3 is 5.73 Å². The average molecular weight is 174 g/mol. The number of nitrogens with two attached hydrogens (primary N) is 1. The van der Waals surface area contributed by atoms with Crippen LogP contribution in [0.15, 0.2) is 0 Å². The Balaban J connectivity index is 3.30. The molecule has 0 aliphatic carbocycles.